The Bertz CT molecular complexity index is 986. The van der Waals surface area contributed by atoms with Crippen LogP contribution in [0, 0.1) is 11.3 Å². The third-order valence-electron chi connectivity index (χ3n) is 6.31. The number of imide groups is 1. The third kappa shape index (κ3) is 2.23. The first-order chi connectivity index (χ1) is 14.2. The number of hydrogen-bond acceptors (Lipinski definition) is 3. The molecule has 0 N–H and O–H groups in total. The third-order valence-corrected chi connectivity index (χ3v) is 6.93. The molecule has 2 aromatic carbocycles. The van der Waals surface area contributed by atoms with Gasteiger partial charge in [0.15, 0.2) is 0 Å². The zero-order valence-corrected chi connectivity index (χ0v) is 17.9. The van der Waals surface area contributed by atoms with E-state index >= 15 is 8.78 Å². The average molecular weight is 477 g/mol. The van der Waals surface area contributed by atoms with E-state index in [4.69, 9.17) is 0 Å². The second kappa shape index (κ2) is 6.70. The van der Waals surface area contributed by atoms with Crippen molar-refractivity contribution in [2.45, 2.75) is 17.3 Å². The molecule has 156 valence electrons. The summed E-state index contributed by atoms with van der Waals surface area (Å²) in [6.07, 6.45) is 0. The first kappa shape index (κ1) is 20.7. The van der Waals surface area contributed by atoms with Crippen LogP contribution >= 0.6 is 15.9 Å². The van der Waals surface area contributed by atoms with Crippen LogP contribution in [0.2, 0.25) is 0 Å². The van der Waals surface area contributed by atoms with Gasteiger partial charge in [-0.15, -0.1) is 0 Å². The lowest BCUT2D eigenvalue weighted by molar-refractivity contribution is -0.160. The summed E-state index contributed by atoms with van der Waals surface area (Å²) in [5.74, 6) is -4.69. The van der Waals surface area contributed by atoms with E-state index in [0.717, 1.165) is 9.80 Å². The Morgan fingerprint density at radius 2 is 1.40 bits per heavy atom. The second-order valence-electron chi connectivity index (χ2n) is 7.49. The van der Waals surface area contributed by atoms with Crippen molar-refractivity contribution < 1.29 is 23.2 Å². The molecule has 0 unspecified atom stereocenters. The number of alkyl halides is 3. The number of halogens is 3. The number of rotatable bonds is 4. The molecular formula is C22H19BrF2N2O3. The normalized spacial score (nSPS) is 25.8. The van der Waals surface area contributed by atoms with Gasteiger partial charge in [-0.1, -0.05) is 60.7 Å². The molecule has 2 saturated heterocycles. The summed E-state index contributed by atoms with van der Waals surface area (Å²) in [4.78, 5) is 38.3. The standard InChI is InChI=1S/C22H19BrF2N2O3/c1-3-27-17(28)16-20(19(27)30,22(23,24)25)18(29)26(2)21(16,14-10-6-4-7-11-14)15-12-8-5-9-13-15/h4-13,16H,3H2,1-2H3/t16-,20+/m1/s1. The van der Waals surface area contributed by atoms with Gasteiger partial charge in [-0.3, -0.25) is 19.3 Å². The van der Waals surface area contributed by atoms with Gasteiger partial charge < -0.3 is 4.90 Å². The summed E-state index contributed by atoms with van der Waals surface area (Å²) in [6, 6.07) is 17.1. The van der Waals surface area contributed by atoms with Gasteiger partial charge in [-0.25, -0.2) is 0 Å². The van der Waals surface area contributed by atoms with Gasteiger partial charge in [0.2, 0.25) is 17.2 Å². The van der Waals surface area contributed by atoms with E-state index in [-0.39, 0.29) is 6.54 Å². The predicted octanol–water partition coefficient (Wildman–Crippen LogP) is 3.38. The monoisotopic (exact) mass is 476 g/mol. The van der Waals surface area contributed by atoms with Crippen LogP contribution in [-0.2, 0) is 19.9 Å². The molecule has 0 spiro atoms. The highest BCUT2D eigenvalue weighted by Gasteiger charge is 2.85. The van der Waals surface area contributed by atoms with Crippen LogP contribution in [-0.4, -0.2) is 45.9 Å². The van der Waals surface area contributed by atoms with Crippen molar-refractivity contribution in [1.82, 2.24) is 9.80 Å². The maximum atomic E-state index is 15.2. The van der Waals surface area contributed by atoms with Crippen LogP contribution in [0.25, 0.3) is 0 Å². The Morgan fingerprint density at radius 3 is 1.80 bits per heavy atom. The Hall–Kier alpha value is -2.61. The molecule has 0 aliphatic carbocycles. The van der Waals surface area contributed by atoms with Crippen LogP contribution < -0.4 is 0 Å². The Balaban J connectivity index is 2.16. The summed E-state index contributed by atoms with van der Waals surface area (Å²) in [5, 5.41) is 0. The number of carbonyl (C=O) groups is 3. The molecule has 0 aromatic heterocycles. The highest BCUT2D eigenvalue weighted by Crippen LogP contribution is 2.66. The van der Waals surface area contributed by atoms with E-state index < -0.39 is 39.4 Å². The number of amides is 3. The van der Waals surface area contributed by atoms with Gasteiger partial charge in [0.05, 0.1) is 0 Å². The van der Waals surface area contributed by atoms with Gasteiger partial charge in [0, 0.05) is 13.6 Å². The Labute approximate surface area is 180 Å². The lowest BCUT2D eigenvalue weighted by Gasteiger charge is -2.41. The molecule has 8 heteroatoms. The SMILES string of the molecule is CCN1C(=O)[C@H]2C(c3ccccc3)(c3ccccc3)N(C)C(=O)[C@]2(C(F)(F)Br)C1=O. The number of nitrogens with zero attached hydrogens (tertiary/aromatic N) is 2. The second-order valence-corrected chi connectivity index (χ2v) is 8.48. The molecule has 5 nitrogen and oxygen atoms in total. The van der Waals surface area contributed by atoms with Gasteiger partial charge in [0.1, 0.15) is 11.5 Å². The molecule has 30 heavy (non-hydrogen) atoms. The first-order valence-corrected chi connectivity index (χ1v) is 10.3. The van der Waals surface area contributed by atoms with Crippen LogP contribution in [0.15, 0.2) is 60.7 Å². The zero-order valence-electron chi connectivity index (χ0n) is 16.3. The van der Waals surface area contributed by atoms with E-state index in [0.29, 0.717) is 11.1 Å². The van der Waals surface area contributed by atoms with Crippen LogP contribution in [0.4, 0.5) is 8.78 Å². The topological polar surface area (TPSA) is 57.7 Å². The molecule has 2 aliphatic rings. The fourth-order valence-corrected chi connectivity index (χ4v) is 5.65. The average Bonchev–Trinajstić information content (AvgIpc) is 3.10. The minimum Gasteiger partial charge on any atom is -0.330 e. The van der Waals surface area contributed by atoms with Crippen LogP contribution in [0.3, 0.4) is 0 Å². The van der Waals surface area contributed by atoms with Gasteiger partial charge >= 0.3 is 4.83 Å². The molecule has 2 heterocycles. The molecular weight excluding hydrogens is 458 g/mol. The quantitative estimate of drug-likeness (QED) is 0.386. The molecule has 0 radical (unpaired) electrons. The molecule has 2 fully saturated rings. The molecule has 2 aromatic rings. The van der Waals surface area contributed by atoms with Crippen molar-refractivity contribution in [1.29, 1.82) is 0 Å². The minimum atomic E-state index is -3.93. The number of likely N-dealkylation sites (tertiary alicyclic amines) is 2. The molecule has 0 saturated carbocycles. The van der Waals surface area contributed by atoms with Gasteiger partial charge in [-0.2, -0.15) is 8.78 Å². The highest BCUT2D eigenvalue weighted by molar-refractivity contribution is 9.10. The van der Waals surface area contributed by atoms with E-state index in [1.54, 1.807) is 60.7 Å². The van der Waals surface area contributed by atoms with Crippen LogP contribution in [0.1, 0.15) is 18.1 Å². The maximum Gasteiger partial charge on any atom is 0.325 e. The summed E-state index contributed by atoms with van der Waals surface area (Å²) < 4.78 is 30.3. The lowest BCUT2D eigenvalue weighted by atomic mass is 9.66. The molecule has 3 amide bonds. The lowest BCUT2D eigenvalue weighted by Crippen LogP contribution is -2.52. The van der Waals surface area contributed by atoms with Gasteiger partial charge in [-0.05, 0) is 34.0 Å². The first-order valence-electron chi connectivity index (χ1n) is 9.48. The van der Waals surface area contributed by atoms with Crippen molar-refractivity contribution >= 4 is 33.7 Å². The predicted molar refractivity (Wildman–Crippen MR) is 109 cm³/mol. The molecule has 4 rings (SSSR count). The summed E-state index contributed by atoms with van der Waals surface area (Å²) >= 11 is 2.31. The summed E-state index contributed by atoms with van der Waals surface area (Å²) in [5.41, 5.74) is -3.49. The van der Waals surface area contributed by atoms with Crippen molar-refractivity contribution in [3.63, 3.8) is 0 Å². The Morgan fingerprint density at radius 1 is 0.933 bits per heavy atom. The van der Waals surface area contributed by atoms with E-state index in [2.05, 4.69) is 15.9 Å². The number of fused-ring (bicyclic) bond motifs is 1. The fraction of sp³-hybridized carbons (Fsp3) is 0.318. The van der Waals surface area contributed by atoms with Crippen molar-refractivity contribution in [2.24, 2.45) is 11.3 Å². The van der Waals surface area contributed by atoms with Crippen molar-refractivity contribution in [3.05, 3.63) is 71.8 Å². The molecule has 2 atom stereocenters. The number of carbonyl (C=O) groups excluding carboxylic acids is 3. The van der Waals surface area contributed by atoms with E-state index in [1.807, 2.05) is 0 Å². The van der Waals surface area contributed by atoms with Crippen molar-refractivity contribution in [3.8, 4) is 0 Å². The zero-order chi connectivity index (χ0) is 21.9. The minimum absolute atomic E-state index is 0.102. The summed E-state index contributed by atoms with van der Waals surface area (Å²) in [7, 11) is 1.37. The molecule has 0 bridgehead atoms. The van der Waals surface area contributed by atoms with Crippen LogP contribution in [0.5, 0.6) is 0 Å². The maximum absolute atomic E-state index is 15.2. The summed E-state index contributed by atoms with van der Waals surface area (Å²) in [6.45, 7) is 1.42. The van der Waals surface area contributed by atoms with E-state index in [9.17, 15) is 14.4 Å². The number of hydrogen-bond donors (Lipinski definition) is 0. The highest BCUT2D eigenvalue weighted by atomic mass is 79.9. The molecule has 2 aliphatic heterocycles. The smallest absolute Gasteiger partial charge is 0.325 e. The number of benzene rings is 2. The van der Waals surface area contributed by atoms with E-state index in [1.165, 1.54) is 14.0 Å². The van der Waals surface area contributed by atoms with Crippen molar-refractivity contribution in [2.75, 3.05) is 13.6 Å². The fourth-order valence-electron chi connectivity index (χ4n) is 5.08. The largest absolute Gasteiger partial charge is 0.330 e. The van der Waals surface area contributed by atoms with Gasteiger partial charge in [0.25, 0.3) is 5.91 Å². The Kier molecular flexibility index (Phi) is 4.61.